The molecule has 3 aromatic heterocycles. The minimum Gasteiger partial charge on any atom is -0.481 e. The Kier molecular flexibility index (Phi) is 4.26. The van der Waals surface area contributed by atoms with Crippen LogP contribution in [0.1, 0.15) is 36.8 Å². The zero-order valence-corrected chi connectivity index (χ0v) is 16.6. The van der Waals surface area contributed by atoms with Crippen LogP contribution in [0.5, 0.6) is 0 Å². The van der Waals surface area contributed by atoms with Gasteiger partial charge in [0.05, 0.1) is 5.92 Å². The molecule has 1 unspecified atom stereocenters. The molecule has 29 heavy (non-hydrogen) atoms. The van der Waals surface area contributed by atoms with Gasteiger partial charge in [0.15, 0.2) is 5.82 Å². The van der Waals surface area contributed by atoms with Crippen molar-refractivity contribution in [2.45, 2.75) is 45.6 Å². The van der Waals surface area contributed by atoms with E-state index in [-0.39, 0.29) is 17.9 Å². The SMILES string of the molecule is Cc1cnc2[nH]cc(-c3ncc(C)c(NC4C5CCC(CC5)[C@@H]4C(=O)O)n3)c2c1. The number of hydrogen-bond donors (Lipinski definition) is 3. The molecule has 0 spiro atoms. The van der Waals surface area contributed by atoms with Crippen molar-refractivity contribution in [1.82, 2.24) is 19.9 Å². The van der Waals surface area contributed by atoms with Crippen LogP contribution in [0.15, 0.2) is 24.7 Å². The lowest BCUT2D eigenvalue weighted by Crippen LogP contribution is -2.51. The van der Waals surface area contributed by atoms with Crippen molar-refractivity contribution >= 4 is 22.8 Å². The van der Waals surface area contributed by atoms with Gasteiger partial charge < -0.3 is 15.4 Å². The van der Waals surface area contributed by atoms with E-state index < -0.39 is 5.97 Å². The van der Waals surface area contributed by atoms with Crippen molar-refractivity contribution in [3.05, 3.63) is 35.8 Å². The van der Waals surface area contributed by atoms with Gasteiger partial charge in [-0.25, -0.2) is 15.0 Å². The number of anilines is 1. The first-order valence-corrected chi connectivity index (χ1v) is 10.3. The van der Waals surface area contributed by atoms with E-state index in [9.17, 15) is 9.90 Å². The van der Waals surface area contributed by atoms with Gasteiger partial charge in [-0.05, 0) is 63.0 Å². The van der Waals surface area contributed by atoms with Crippen LogP contribution in [0.2, 0.25) is 0 Å². The van der Waals surface area contributed by atoms with E-state index in [0.29, 0.717) is 11.7 Å². The zero-order valence-electron chi connectivity index (χ0n) is 16.6. The number of pyridine rings is 1. The Bertz CT molecular complexity index is 1080. The molecular weight excluding hydrogens is 366 g/mol. The highest BCUT2D eigenvalue weighted by atomic mass is 16.4. The average Bonchev–Trinajstić information content (AvgIpc) is 3.13. The van der Waals surface area contributed by atoms with Gasteiger partial charge in [0.2, 0.25) is 0 Å². The van der Waals surface area contributed by atoms with Crippen LogP contribution in [0.25, 0.3) is 22.4 Å². The van der Waals surface area contributed by atoms with Crippen LogP contribution in [0.4, 0.5) is 5.82 Å². The summed E-state index contributed by atoms with van der Waals surface area (Å²) in [5, 5.41) is 14.3. The molecule has 0 amide bonds. The maximum Gasteiger partial charge on any atom is 0.308 e. The largest absolute Gasteiger partial charge is 0.481 e. The molecule has 0 aliphatic heterocycles. The maximum atomic E-state index is 12.0. The molecule has 3 aliphatic carbocycles. The van der Waals surface area contributed by atoms with Crippen LogP contribution in [0.3, 0.4) is 0 Å². The first-order valence-electron chi connectivity index (χ1n) is 10.3. The van der Waals surface area contributed by atoms with Gasteiger partial charge >= 0.3 is 5.97 Å². The quantitative estimate of drug-likeness (QED) is 0.622. The summed E-state index contributed by atoms with van der Waals surface area (Å²) in [5.74, 6) is 0.957. The molecule has 3 saturated carbocycles. The normalized spacial score (nSPS) is 26.0. The van der Waals surface area contributed by atoms with Crippen molar-refractivity contribution in [1.29, 1.82) is 0 Å². The molecule has 3 N–H and O–H groups in total. The predicted octanol–water partition coefficient (Wildman–Crippen LogP) is 3.94. The van der Waals surface area contributed by atoms with E-state index in [0.717, 1.165) is 59.2 Å². The number of rotatable bonds is 4. The Labute approximate surface area is 169 Å². The summed E-state index contributed by atoms with van der Waals surface area (Å²) in [6.07, 6.45) is 9.76. The third-order valence-electron chi connectivity index (χ3n) is 6.69. The summed E-state index contributed by atoms with van der Waals surface area (Å²) in [7, 11) is 0. The standard InChI is InChI=1S/C22H25N5O2/c1-11-7-15-16(10-25-20(15)23-8-11)21-24-9-12(2)19(27-21)26-18-14-5-3-13(4-6-14)17(18)22(28)29/h7-10,13-14,17-18H,3-6H2,1-2H3,(H,23,25)(H,28,29)(H,24,26,27)/t13?,14?,17-,18?/m0/s1. The lowest BCUT2D eigenvalue weighted by molar-refractivity contribution is -0.148. The van der Waals surface area contributed by atoms with E-state index in [1.54, 1.807) is 0 Å². The fourth-order valence-corrected chi connectivity index (χ4v) is 5.18. The molecule has 3 aromatic rings. The Balaban J connectivity index is 1.51. The topological polar surface area (TPSA) is 104 Å². The van der Waals surface area contributed by atoms with Gasteiger partial charge in [0, 0.05) is 41.1 Å². The fourth-order valence-electron chi connectivity index (χ4n) is 5.18. The number of aromatic amines is 1. The Morgan fingerprint density at radius 3 is 2.66 bits per heavy atom. The number of H-pyrrole nitrogens is 1. The minimum atomic E-state index is -0.693. The van der Waals surface area contributed by atoms with Gasteiger partial charge in [-0.1, -0.05) is 0 Å². The number of aliphatic carboxylic acids is 1. The number of hydrogen-bond acceptors (Lipinski definition) is 5. The van der Waals surface area contributed by atoms with Crippen LogP contribution in [-0.2, 0) is 4.79 Å². The molecule has 0 aromatic carbocycles. The molecule has 0 radical (unpaired) electrons. The summed E-state index contributed by atoms with van der Waals surface area (Å²) in [6, 6.07) is 2.00. The van der Waals surface area contributed by atoms with Crippen LogP contribution in [-0.4, -0.2) is 37.1 Å². The molecule has 3 aliphatic rings. The molecule has 150 valence electrons. The minimum absolute atomic E-state index is 0.0756. The Morgan fingerprint density at radius 1 is 1.14 bits per heavy atom. The summed E-state index contributed by atoms with van der Waals surface area (Å²) >= 11 is 0. The van der Waals surface area contributed by atoms with Gasteiger partial charge in [0.25, 0.3) is 0 Å². The number of aromatic nitrogens is 4. The Hall–Kier alpha value is -2.96. The number of fused-ring (bicyclic) bond motifs is 4. The molecule has 0 saturated heterocycles. The molecule has 3 heterocycles. The summed E-state index contributed by atoms with van der Waals surface area (Å²) < 4.78 is 0. The van der Waals surface area contributed by atoms with Crippen LogP contribution < -0.4 is 5.32 Å². The lowest BCUT2D eigenvalue weighted by atomic mass is 9.61. The molecule has 7 heteroatoms. The average molecular weight is 391 g/mol. The molecule has 7 nitrogen and oxygen atoms in total. The van der Waals surface area contributed by atoms with Crippen LogP contribution >= 0.6 is 0 Å². The number of carboxylic acid groups (broad SMARTS) is 1. The van der Waals surface area contributed by atoms with Gasteiger partial charge in [-0.2, -0.15) is 0 Å². The highest BCUT2D eigenvalue weighted by Gasteiger charge is 2.47. The summed E-state index contributed by atoms with van der Waals surface area (Å²) in [4.78, 5) is 28.9. The van der Waals surface area contributed by atoms with Crippen molar-refractivity contribution in [2.24, 2.45) is 17.8 Å². The molecular formula is C22H25N5O2. The third kappa shape index (κ3) is 3.05. The van der Waals surface area contributed by atoms with Crippen molar-refractivity contribution in [2.75, 3.05) is 5.32 Å². The fraction of sp³-hybridized carbons (Fsp3) is 0.455. The first kappa shape index (κ1) is 18.1. The van der Waals surface area contributed by atoms with E-state index in [1.165, 1.54) is 0 Å². The second-order valence-electron chi connectivity index (χ2n) is 8.55. The van der Waals surface area contributed by atoms with Crippen molar-refractivity contribution < 1.29 is 9.90 Å². The van der Waals surface area contributed by atoms with Crippen molar-refractivity contribution in [3.63, 3.8) is 0 Å². The summed E-state index contributed by atoms with van der Waals surface area (Å²) in [6.45, 7) is 3.97. The first-order chi connectivity index (χ1) is 14.0. The van der Waals surface area contributed by atoms with Gasteiger partial charge in [0.1, 0.15) is 11.5 Å². The van der Waals surface area contributed by atoms with Gasteiger partial charge in [-0.15, -0.1) is 0 Å². The second-order valence-corrected chi connectivity index (χ2v) is 8.55. The van der Waals surface area contributed by atoms with E-state index in [4.69, 9.17) is 4.98 Å². The number of nitrogens with zero attached hydrogens (tertiary/aromatic N) is 3. The molecule has 2 atom stereocenters. The Morgan fingerprint density at radius 2 is 1.90 bits per heavy atom. The number of carbonyl (C=O) groups is 1. The molecule has 2 bridgehead atoms. The molecule has 3 fully saturated rings. The van der Waals surface area contributed by atoms with E-state index >= 15 is 0 Å². The predicted molar refractivity (Wildman–Crippen MR) is 111 cm³/mol. The maximum absolute atomic E-state index is 12.0. The van der Waals surface area contributed by atoms with Crippen LogP contribution in [0, 0.1) is 31.6 Å². The molecule has 6 rings (SSSR count). The van der Waals surface area contributed by atoms with Gasteiger partial charge in [-0.3, -0.25) is 4.79 Å². The highest BCUT2D eigenvalue weighted by Crippen LogP contribution is 2.46. The summed E-state index contributed by atoms with van der Waals surface area (Å²) in [5.41, 5.74) is 3.71. The number of nitrogens with one attached hydrogen (secondary N) is 2. The lowest BCUT2D eigenvalue weighted by Gasteiger charge is -2.47. The monoisotopic (exact) mass is 391 g/mol. The highest BCUT2D eigenvalue weighted by molar-refractivity contribution is 5.92. The van der Waals surface area contributed by atoms with E-state index in [2.05, 4.69) is 26.3 Å². The van der Waals surface area contributed by atoms with Crippen molar-refractivity contribution in [3.8, 4) is 11.4 Å². The zero-order chi connectivity index (χ0) is 20.1. The third-order valence-corrected chi connectivity index (χ3v) is 6.69. The van der Waals surface area contributed by atoms with E-state index in [1.807, 2.05) is 32.4 Å². The second kappa shape index (κ2) is 6.83. The number of carboxylic acids is 1. The smallest absolute Gasteiger partial charge is 0.308 e. The number of aryl methyl sites for hydroxylation is 2.